The van der Waals surface area contributed by atoms with E-state index in [2.05, 4.69) is 218 Å². The van der Waals surface area contributed by atoms with Crippen LogP contribution in [0.5, 0.6) is 28.7 Å². The number of aromatic amines is 5. The average Bonchev–Trinajstić information content (AvgIpc) is 4.44. The molecule has 5 aromatic carbocycles. The van der Waals surface area contributed by atoms with Gasteiger partial charge in [0.2, 0.25) is 0 Å². The van der Waals surface area contributed by atoms with Gasteiger partial charge in [-0.25, -0.2) is 0 Å². The minimum absolute atomic E-state index is 0.588. The van der Waals surface area contributed by atoms with Crippen LogP contribution in [0.15, 0.2) is 122 Å². The van der Waals surface area contributed by atoms with Gasteiger partial charge < -0.3 is 73.1 Å². The monoisotopic (exact) mass is 1190 g/mol. The smallest absolute Gasteiger partial charge is 0.119 e. The van der Waals surface area contributed by atoms with E-state index in [0.29, 0.717) is 6.04 Å². The maximum atomic E-state index is 5.29. The number of hydrogen-bond donors (Lipinski definition) is 5. The third-order valence-electron chi connectivity index (χ3n) is 16.6. The fourth-order valence-electron chi connectivity index (χ4n) is 10.4. The number of H-pyrrole nitrogens is 5. The minimum Gasteiger partial charge on any atom is -0.497 e. The molecule has 15 nitrogen and oxygen atoms in total. The van der Waals surface area contributed by atoms with Gasteiger partial charge in [0.1, 0.15) is 28.7 Å². The lowest BCUT2D eigenvalue weighted by atomic mass is 10.1. The van der Waals surface area contributed by atoms with E-state index in [0.717, 1.165) is 120 Å². The van der Waals surface area contributed by atoms with Gasteiger partial charge in [-0.15, -0.1) is 0 Å². The van der Waals surface area contributed by atoms with Gasteiger partial charge in [0.05, 0.1) is 35.5 Å². The first-order valence-corrected chi connectivity index (χ1v) is 31.2. The molecule has 0 bridgehead atoms. The van der Waals surface area contributed by atoms with E-state index >= 15 is 0 Å². The van der Waals surface area contributed by atoms with Gasteiger partial charge in [-0.1, -0.05) is 27.7 Å². The zero-order valence-corrected chi connectivity index (χ0v) is 55.5. The molecule has 0 saturated carbocycles. The first kappa shape index (κ1) is 68.7. The van der Waals surface area contributed by atoms with Crippen LogP contribution < -0.4 is 23.7 Å². The Morgan fingerprint density at radius 1 is 0.345 bits per heavy atom. The highest BCUT2D eigenvalue weighted by Crippen LogP contribution is 2.29. The quantitative estimate of drug-likeness (QED) is 0.0356. The van der Waals surface area contributed by atoms with Crippen molar-refractivity contribution in [3.63, 3.8) is 0 Å². The number of rotatable bonds is 26. The highest BCUT2D eigenvalue weighted by atomic mass is 16.5. The molecular weight excluding hydrogens is 1080 g/mol. The number of methoxy groups -OCH3 is 5. The Hall–Kier alpha value is -7.40. The molecule has 10 rings (SSSR count). The summed E-state index contributed by atoms with van der Waals surface area (Å²) in [6.45, 7) is 23.1. The number of fused-ring (bicyclic) bond motifs is 5. The van der Waals surface area contributed by atoms with E-state index < -0.39 is 0 Å². The molecule has 0 atom stereocenters. The summed E-state index contributed by atoms with van der Waals surface area (Å²) in [5.74, 6) is 4.59. The molecule has 0 radical (unpaired) electrons. The summed E-state index contributed by atoms with van der Waals surface area (Å²) in [6, 6.07) is 31.4. The lowest BCUT2D eigenvalue weighted by Gasteiger charge is -2.20. The van der Waals surface area contributed by atoms with E-state index in [1.807, 2.05) is 30.3 Å². The van der Waals surface area contributed by atoms with Crippen molar-refractivity contribution in [3.05, 3.63) is 150 Å². The van der Waals surface area contributed by atoms with E-state index in [-0.39, 0.29) is 0 Å². The summed E-state index contributed by atoms with van der Waals surface area (Å²) in [5, 5.41) is 6.36. The molecule has 87 heavy (non-hydrogen) atoms. The predicted molar refractivity (Wildman–Crippen MR) is 368 cm³/mol. The Balaban J connectivity index is 0.000000174. The SMILES string of the molecule is CCCN(C)CCc1c[nH]c2ccc(OC)cc12.CCN(C)CCc1c[nH]c2ccc(OC)cc12.CCN(CC)CCc1c[nH]c2ccc(OC)cc12.COc1ccc2[nH]cc(CCN(C)C(C)C)c2c1.COc1ccc2[nH]cc(CCN(C)C)c2c1. The largest absolute Gasteiger partial charge is 0.497 e. The molecule has 0 aliphatic carbocycles. The summed E-state index contributed by atoms with van der Waals surface area (Å²) in [4.78, 5) is 28.3. The third kappa shape index (κ3) is 20.3. The van der Waals surface area contributed by atoms with Crippen LogP contribution in [0.1, 0.15) is 75.8 Å². The molecule has 5 aromatic heterocycles. The molecule has 0 spiro atoms. The van der Waals surface area contributed by atoms with Crippen molar-refractivity contribution in [1.82, 2.24) is 49.4 Å². The highest BCUT2D eigenvalue weighted by Gasteiger charge is 2.12. The Labute approximate surface area is 519 Å². The molecule has 0 aliphatic heterocycles. The van der Waals surface area contributed by atoms with Gasteiger partial charge in [0.15, 0.2) is 0 Å². The second-order valence-corrected chi connectivity index (χ2v) is 23.0. The number of aromatic nitrogens is 5. The Kier molecular flexibility index (Phi) is 28.0. The normalized spacial score (nSPS) is 11.4. The van der Waals surface area contributed by atoms with Gasteiger partial charge in [-0.05, 0) is 233 Å². The van der Waals surface area contributed by atoms with Crippen molar-refractivity contribution in [2.45, 2.75) is 86.1 Å². The first-order chi connectivity index (χ1) is 42.1. The molecule has 10 aromatic rings. The van der Waals surface area contributed by atoms with Crippen molar-refractivity contribution in [3.8, 4) is 28.7 Å². The van der Waals surface area contributed by atoms with Crippen molar-refractivity contribution in [2.24, 2.45) is 0 Å². The lowest BCUT2D eigenvalue weighted by Crippen LogP contribution is -2.28. The molecule has 5 heterocycles. The van der Waals surface area contributed by atoms with E-state index in [1.165, 1.54) is 88.8 Å². The predicted octanol–water partition coefficient (Wildman–Crippen LogP) is 14.1. The number of benzene rings is 5. The van der Waals surface area contributed by atoms with Crippen LogP contribution in [-0.4, -0.2) is 185 Å². The van der Waals surface area contributed by atoms with Crippen molar-refractivity contribution in [1.29, 1.82) is 0 Å². The fraction of sp³-hybridized carbons (Fsp3) is 0.444. The molecule has 0 aliphatic rings. The van der Waals surface area contributed by atoms with Crippen LogP contribution in [0.3, 0.4) is 0 Å². The molecule has 0 unspecified atom stereocenters. The number of nitrogens with zero attached hydrogens (tertiary/aromatic N) is 5. The van der Waals surface area contributed by atoms with Gasteiger partial charge in [-0.3, -0.25) is 0 Å². The fourth-order valence-corrected chi connectivity index (χ4v) is 10.4. The lowest BCUT2D eigenvalue weighted by molar-refractivity contribution is 0.278. The van der Waals surface area contributed by atoms with Crippen molar-refractivity contribution in [2.75, 3.05) is 130 Å². The molecule has 472 valence electrons. The van der Waals surface area contributed by atoms with E-state index in [9.17, 15) is 0 Å². The zero-order valence-electron chi connectivity index (χ0n) is 55.5. The first-order valence-electron chi connectivity index (χ1n) is 31.2. The number of nitrogens with one attached hydrogen (secondary N) is 5. The molecule has 15 heteroatoms. The number of ether oxygens (including phenoxy) is 5. The van der Waals surface area contributed by atoms with Crippen molar-refractivity contribution < 1.29 is 23.7 Å². The maximum Gasteiger partial charge on any atom is 0.119 e. The summed E-state index contributed by atoms with van der Waals surface area (Å²) in [6.07, 6.45) is 17.1. The summed E-state index contributed by atoms with van der Waals surface area (Å²) in [7, 11) is 19.2. The Morgan fingerprint density at radius 3 is 0.897 bits per heavy atom. The summed E-state index contributed by atoms with van der Waals surface area (Å²) in [5.41, 5.74) is 12.7. The molecule has 5 N–H and O–H groups in total. The average molecular weight is 1190 g/mol. The highest BCUT2D eigenvalue weighted by molar-refractivity contribution is 5.87. The second-order valence-electron chi connectivity index (χ2n) is 23.0. The number of likely N-dealkylation sites (N-methyl/N-ethyl adjacent to an activating group) is 5. The third-order valence-corrected chi connectivity index (χ3v) is 16.6. The minimum atomic E-state index is 0.588. The topological polar surface area (TPSA) is 141 Å². The Bertz CT molecular complexity index is 3480. The standard InChI is InChI=1S/3C15H22N2O.C14H20N2O.C13H18N2O/c1-11(2)17(3)8-7-12-10-16-15-6-5-13(18-4)9-14(12)15;1-4-8-17(2)9-7-12-11-16-15-6-5-13(18-3)10-14(12)15;1-4-17(5-2)9-8-12-11-16-15-7-6-13(18-3)10-14(12)15;1-4-16(2)8-7-11-10-15-14-6-5-12(17-3)9-13(11)14;1-15(2)7-6-10-9-14-13-5-4-11(16-3)8-12(10)13/h5-6,9-11,16H,7-8H2,1-4H3;5-6,10-11,16H,4,7-9H2,1-3H3;6-7,10-11,16H,4-5,8-9H2,1-3H3;5-6,9-10,15H,4,7-8H2,1-3H3;4-5,8-9,14H,6-7H2,1-3H3. The van der Waals surface area contributed by atoms with Crippen LogP contribution in [-0.2, 0) is 32.1 Å². The van der Waals surface area contributed by atoms with Crippen LogP contribution >= 0.6 is 0 Å². The van der Waals surface area contributed by atoms with Crippen LogP contribution in [0.4, 0.5) is 0 Å². The van der Waals surface area contributed by atoms with Crippen molar-refractivity contribution >= 4 is 54.5 Å². The molecular formula is C72H104N10O5. The van der Waals surface area contributed by atoms with Gasteiger partial charge in [0, 0.05) is 124 Å². The van der Waals surface area contributed by atoms with Crippen LogP contribution in [0.25, 0.3) is 54.5 Å². The zero-order chi connectivity index (χ0) is 62.8. The molecule has 0 amide bonds. The van der Waals surface area contributed by atoms with Gasteiger partial charge in [0.25, 0.3) is 0 Å². The second kappa shape index (κ2) is 35.4. The maximum absolute atomic E-state index is 5.29. The number of hydrogen-bond acceptors (Lipinski definition) is 10. The molecule has 0 saturated heterocycles. The van der Waals surface area contributed by atoms with Crippen LogP contribution in [0, 0.1) is 0 Å². The van der Waals surface area contributed by atoms with Gasteiger partial charge >= 0.3 is 0 Å². The molecule has 0 fully saturated rings. The van der Waals surface area contributed by atoms with E-state index in [1.54, 1.807) is 35.5 Å². The Morgan fingerprint density at radius 2 is 0.632 bits per heavy atom. The van der Waals surface area contributed by atoms with Gasteiger partial charge in [-0.2, -0.15) is 0 Å². The summed E-state index contributed by atoms with van der Waals surface area (Å²) >= 11 is 0. The van der Waals surface area contributed by atoms with E-state index in [4.69, 9.17) is 23.7 Å². The van der Waals surface area contributed by atoms with Crippen LogP contribution in [0.2, 0.25) is 0 Å². The summed E-state index contributed by atoms with van der Waals surface area (Å²) < 4.78 is 26.4.